The fourth-order valence-corrected chi connectivity index (χ4v) is 2.75. The molecule has 3 aromatic rings. The van der Waals surface area contributed by atoms with Gasteiger partial charge in [0.25, 0.3) is 5.91 Å². The number of ether oxygens (including phenoxy) is 2. The van der Waals surface area contributed by atoms with E-state index in [0.717, 1.165) is 5.56 Å². The number of benzene rings is 1. The number of rotatable bonds is 7. The molecule has 2 heterocycles. The lowest BCUT2D eigenvalue weighted by atomic mass is 10.1. The first-order chi connectivity index (χ1) is 13.9. The summed E-state index contributed by atoms with van der Waals surface area (Å²) in [6.07, 6.45) is 5.30. The number of carbonyl (C=O) groups excluding carboxylic acids is 2. The average molecular weight is 395 g/mol. The zero-order valence-corrected chi connectivity index (χ0v) is 16.2. The van der Waals surface area contributed by atoms with Crippen LogP contribution in [0.1, 0.15) is 28.5 Å². The van der Waals surface area contributed by atoms with E-state index in [4.69, 9.17) is 15.2 Å². The summed E-state index contributed by atoms with van der Waals surface area (Å²) in [6.45, 7) is 1.51. The molecule has 29 heavy (non-hydrogen) atoms. The highest BCUT2D eigenvalue weighted by molar-refractivity contribution is 6.06. The lowest BCUT2D eigenvalue weighted by molar-refractivity contribution is -0.119. The Labute approximate surface area is 166 Å². The summed E-state index contributed by atoms with van der Waals surface area (Å²) in [4.78, 5) is 28.0. The quantitative estimate of drug-likeness (QED) is 0.558. The monoisotopic (exact) mass is 395 g/mol. The number of aromatic amines is 1. The van der Waals surface area contributed by atoms with E-state index in [0.29, 0.717) is 28.2 Å². The highest BCUT2D eigenvalue weighted by Crippen LogP contribution is 2.32. The Morgan fingerprint density at radius 3 is 2.59 bits per heavy atom. The van der Waals surface area contributed by atoms with Crippen molar-refractivity contribution in [1.29, 1.82) is 0 Å². The number of nitrogens with zero attached hydrogens (tertiary/aromatic N) is 2. The van der Waals surface area contributed by atoms with Gasteiger partial charge in [-0.1, -0.05) is 6.08 Å². The smallest absolute Gasteiger partial charge is 0.255 e. The van der Waals surface area contributed by atoms with Crippen LogP contribution in [0.4, 0.5) is 0 Å². The van der Waals surface area contributed by atoms with E-state index in [1.54, 1.807) is 37.6 Å². The molecule has 0 aliphatic rings. The molecule has 0 spiro atoms. The molecular formula is C20H21N5O4. The van der Waals surface area contributed by atoms with E-state index >= 15 is 0 Å². The lowest BCUT2D eigenvalue weighted by Crippen LogP contribution is -2.42. The highest BCUT2D eigenvalue weighted by Gasteiger charge is 2.21. The molecule has 0 radical (unpaired) electrons. The second-order valence-electron chi connectivity index (χ2n) is 6.24. The number of nitrogens with one attached hydrogen (secondary N) is 2. The molecule has 1 atom stereocenters. The number of hydrogen-bond donors (Lipinski definition) is 3. The molecule has 0 saturated heterocycles. The molecular weight excluding hydrogens is 374 g/mol. The van der Waals surface area contributed by atoms with E-state index in [1.807, 2.05) is 12.1 Å². The molecule has 4 N–H and O–H groups in total. The molecule has 3 rings (SSSR count). The SMILES string of the molecule is COc1ccc(C=Cc2n[nH]c3ccc(C(=O)N[C@@H](C)C(N)=O)c(OC)c23)cn1. The fourth-order valence-electron chi connectivity index (χ4n) is 2.75. The third-order valence-electron chi connectivity index (χ3n) is 4.34. The number of methoxy groups -OCH3 is 2. The van der Waals surface area contributed by atoms with Gasteiger partial charge in [0, 0.05) is 12.3 Å². The van der Waals surface area contributed by atoms with E-state index in [2.05, 4.69) is 20.5 Å². The Morgan fingerprint density at radius 1 is 1.17 bits per heavy atom. The molecule has 9 nitrogen and oxygen atoms in total. The summed E-state index contributed by atoms with van der Waals surface area (Å²) >= 11 is 0. The minimum Gasteiger partial charge on any atom is -0.495 e. The van der Waals surface area contributed by atoms with Gasteiger partial charge in [-0.15, -0.1) is 0 Å². The molecule has 2 aromatic heterocycles. The molecule has 0 bridgehead atoms. The molecule has 0 aliphatic carbocycles. The maximum Gasteiger partial charge on any atom is 0.255 e. The lowest BCUT2D eigenvalue weighted by Gasteiger charge is -2.13. The maximum atomic E-state index is 12.6. The van der Waals surface area contributed by atoms with Crippen molar-refractivity contribution in [2.75, 3.05) is 14.2 Å². The van der Waals surface area contributed by atoms with Gasteiger partial charge in [0.1, 0.15) is 11.8 Å². The van der Waals surface area contributed by atoms with Gasteiger partial charge in [0.05, 0.1) is 36.4 Å². The van der Waals surface area contributed by atoms with Crippen molar-refractivity contribution >= 4 is 34.9 Å². The number of pyridine rings is 1. The van der Waals surface area contributed by atoms with Gasteiger partial charge in [0.2, 0.25) is 11.8 Å². The molecule has 0 saturated carbocycles. The van der Waals surface area contributed by atoms with Crippen LogP contribution >= 0.6 is 0 Å². The molecule has 2 amide bonds. The summed E-state index contributed by atoms with van der Waals surface area (Å²) in [6, 6.07) is 6.13. The van der Waals surface area contributed by atoms with Crippen molar-refractivity contribution in [3.05, 3.63) is 47.3 Å². The van der Waals surface area contributed by atoms with Crippen molar-refractivity contribution in [2.45, 2.75) is 13.0 Å². The van der Waals surface area contributed by atoms with Crippen LogP contribution in [0.2, 0.25) is 0 Å². The summed E-state index contributed by atoms with van der Waals surface area (Å²) in [5, 5.41) is 10.4. The molecule has 150 valence electrons. The first-order valence-corrected chi connectivity index (χ1v) is 8.78. The van der Waals surface area contributed by atoms with Gasteiger partial charge in [-0.25, -0.2) is 4.98 Å². The topological polar surface area (TPSA) is 132 Å². The third kappa shape index (κ3) is 4.18. The van der Waals surface area contributed by atoms with E-state index in [-0.39, 0.29) is 5.56 Å². The van der Waals surface area contributed by atoms with Crippen molar-refractivity contribution in [2.24, 2.45) is 5.73 Å². The van der Waals surface area contributed by atoms with Gasteiger partial charge < -0.3 is 20.5 Å². The van der Waals surface area contributed by atoms with Crippen molar-refractivity contribution in [1.82, 2.24) is 20.5 Å². The standard InChI is InChI=1S/C20H21N5O4/c1-11(19(21)26)23-20(27)13-6-8-15-17(18(13)29-3)14(24-25-15)7-4-12-5-9-16(28-2)22-10-12/h4-11H,1-3H3,(H2,21,26)(H,23,27)(H,24,25)/t11-/m0/s1. The second kappa shape index (κ2) is 8.42. The van der Waals surface area contributed by atoms with Crippen LogP contribution < -0.4 is 20.5 Å². The number of H-pyrrole nitrogens is 1. The Hall–Kier alpha value is -3.88. The van der Waals surface area contributed by atoms with Crippen LogP contribution in [-0.2, 0) is 4.79 Å². The second-order valence-corrected chi connectivity index (χ2v) is 6.24. The predicted octanol–water partition coefficient (Wildman–Crippen LogP) is 1.75. The first-order valence-electron chi connectivity index (χ1n) is 8.78. The van der Waals surface area contributed by atoms with Crippen LogP contribution in [0.3, 0.4) is 0 Å². The summed E-state index contributed by atoms with van der Waals surface area (Å²) in [7, 11) is 3.02. The van der Waals surface area contributed by atoms with Crippen molar-refractivity contribution in [3.8, 4) is 11.6 Å². The van der Waals surface area contributed by atoms with Gasteiger partial charge in [-0.05, 0) is 36.8 Å². The van der Waals surface area contributed by atoms with Gasteiger partial charge in [-0.3, -0.25) is 14.7 Å². The van der Waals surface area contributed by atoms with Gasteiger partial charge in [0.15, 0.2) is 0 Å². The molecule has 0 unspecified atom stereocenters. The first kappa shape index (κ1) is 19.9. The highest BCUT2D eigenvalue weighted by atomic mass is 16.5. The van der Waals surface area contributed by atoms with Gasteiger partial charge >= 0.3 is 0 Å². The molecule has 1 aromatic carbocycles. The van der Waals surface area contributed by atoms with Crippen LogP contribution in [0.15, 0.2) is 30.5 Å². The Bertz CT molecular complexity index is 1070. The number of fused-ring (bicyclic) bond motifs is 1. The minimum absolute atomic E-state index is 0.273. The van der Waals surface area contributed by atoms with E-state index in [1.165, 1.54) is 14.0 Å². The Kier molecular flexibility index (Phi) is 5.77. The summed E-state index contributed by atoms with van der Waals surface area (Å²) in [5.41, 5.74) is 7.64. The number of primary amides is 1. The van der Waals surface area contributed by atoms with Crippen molar-refractivity contribution in [3.63, 3.8) is 0 Å². The normalized spacial score (nSPS) is 12.1. The summed E-state index contributed by atoms with van der Waals surface area (Å²) < 4.78 is 10.6. The molecule has 9 heteroatoms. The van der Waals surface area contributed by atoms with Crippen LogP contribution in [0.25, 0.3) is 23.1 Å². The zero-order valence-electron chi connectivity index (χ0n) is 16.2. The fraction of sp³-hybridized carbons (Fsp3) is 0.200. The number of nitrogens with two attached hydrogens (primary N) is 1. The molecule has 0 aliphatic heterocycles. The Morgan fingerprint density at radius 2 is 1.97 bits per heavy atom. The number of aromatic nitrogens is 3. The maximum absolute atomic E-state index is 12.6. The average Bonchev–Trinajstić information content (AvgIpc) is 3.14. The van der Waals surface area contributed by atoms with Crippen LogP contribution in [0.5, 0.6) is 11.6 Å². The van der Waals surface area contributed by atoms with Gasteiger partial charge in [-0.2, -0.15) is 5.10 Å². The largest absolute Gasteiger partial charge is 0.495 e. The number of hydrogen-bond acceptors (Lipinski definition) is 6. The molecule has 0 fully saturated rings. The Balaban J connectivity index is 1.97. The van der Waals surface area contributed by atoms with E-state index < -0.39 is 17.9 Å². The number of carbonyl (C=O) groups is 2. The van der Waals surface area contributed by atoms with E-state index in [9.17, 15) is 9.59 Å². The third-order valence-corrected chi connectivity index (χ3v) is 4.34. The summed E-state index contributed by atoms with van der Waals surface area (Å²) in [5.74, 6) is -0.225. The predicted molar refractivity (Wildman–Crippen MR) is 108 cm³/mol. The van der Waals surface area contributed by atoms with Crippen molar-refractivity contribution < 1.29 is 19.1 Å². The van der Waals surface area contributed by atoms with Crippen LogP contribution in [0, 0.1) is 0 Å². The zero-order chi connectivity index (χ0) is 21.0. The number of amides is 2. The van der Waals surface area contributed by atoms with Crippen LogP contribution in [-0.4, -0.2) is 47.3 Å². The minimum atomic E-state index is -0.811.